The standard InChI is InChI=1S/C24H21F2N5O2S/c1-15-3-5-19(6-4-15)29-23-14-24(28-16(2)27-23)30-20-7-9-21(10-8-20)31-34(32,33)22-12-17(25)11-18(26)13-22/h3-14,31H,1-2H3,(H2,27,28,29,30). The molecule has 0 bridgehead atoms. The lowest BCUT2D eigenvalue weighted by atomic mass is 10.2. The van der Waals surface area contributed by atoms with Gasteiger partial charge in [0.2, 0.25) is 0 Å². The van der Waals surface area contributed by atoms with E-state index < -0.39 is 26.6 Å². The van der Waals surface area contributed by atoms with Crippen molar-refractivity contribution in [3.63, 3.8) is 0 Å². The number of halogens is 2. The van der Waals surface area contributed by atoms with Crippen LogP contribution in [0.2, 0.25) is 0 Å². The van der Waals surface area contributed by atoms with Gasteiger partial charge in [0, 0.05) is 29.2 Å². The average Bonchev–Trinajstić information content (AvgIpc) is 2.75. The van der Waals surface area contributed by atoms with E-state index in [1.807, 2.05) is 31.2 Å². The number of hydrogen-bond donors (Lipinski definition) is 3. The zero-order chi connectivity index (χ0) is 24.3. The van der Waals surface area contributed by atoms with Crippen LogP contribution in [0.1, 0.15) is 11.4 Å². The van der Waals surface area contributed by atoms with Crippen molar-refractivity contribution >= 4 is 38.7 Å². The second kappa shape index (κ2) is 9.44. The van der Waals surface area contributed by atoms with Crippen molar-refractivity contribution in [1.29, 1.82) is 0 Å². The maximum absolute atomic E-state index is 13.4. The van der Waals surface area contributed by atoms with Crippen LogP contribution in [0.3, 0.4) is 0 Å². The van der Waals surface area contributed by atoms with E-state index in [0.717, 1.165) is 23.4 Å². The molecule has 0 atom stereocenters. The highest BCUT2D eigenvalue weighted by molar-refractivity contribution is 7.92. The Labute approximate surface area is 196 Å². The van der Waals surface area contributed by atoms with Crippen LogP contribution in [-0.2, 0) is 10.0 Å². The number of hydrogen-bond acceptors (Lipinski definition) is 6. The Hall–Kier alpha value is -4.05. The quantitative estimate of drug-likeness (QED) is 0.315. The molecule has 10 heteroatoms. The Bertz CT molecular complexity index is 1410. The molecule has 0 amide bonds. The summed E-state index contributed by atoms with van der Waals surface area (Å²) in [5.41, 5.74) is 2.93. The first-order chi connectivity index (χ1) is 16.2. The van der Waals surface area contributed by atoms with E-state index in [0.29, 0.717) is 29.2 Å². The van der Waals surface area contributed by atoms with Crippen molar-refractivity contribution in [2.75, 3.05) is 15.4 Å². The van der Waals surface area contributed by atoms with Gasteiger partial charge in [0.15, 0.2) is 0 Å². The van der Waals surface area contributed by atoms with Gasteiger partial charge in [0.1, 0.15) is 29.1 Å². The van der Waals surface area contributed by atoms with E-state index in [1.54, 1.807) is 25.1 Å². The fraction of sp³-hybridized carbons (Fsp3) is 0.0833. The van der Waals surface area contributed by atoms with Crippen LogP contribution in [0.4, 0.5) is 37.5 Å². The number of aryl methyl sites for hydroxylation is 2. The normalized spacial score (nSPS) is 11.2. The Morgan fingerprint density at radius 1 is 0.676 bits per heavy atom. The lowest BCUT2D eigenvalue weighted by Crippen LogP contribution is -2.13. The lowest BCUT2D eigenvalue weighted by molar-refractivity contribution is 0.568. The Morgan fingerprint density at radius 3 is 1.68 bits per heavy atom. The van der Waals surface area contributed by atoms with Crippen molar-refractivity contribution in [3.8, 4) is 0 Å². The topological polar surface area (TPSA) is 96.0 Å². The van der Waals surface area contributed by atoms with E-state index in [4.69, 9.17) is 0 Å². The summed E-state index contributed by atoms with van der Waals surface area (Å²) in [6.45, 7) is 3.79. The number of rotatable bonds is 7. The first-order valence-corrected chi connectivity index (χ1v) is 11.7. The van der Waals surface area contributed by atoms with E-state index in [9.17, 15) is 17.2 Å². The number of nitrogens with zero attached hydrogens (tertiary/aromatic N) is 2. The minimum atomic E-state index is -4.15. The molecule has 0 aliphatic carbocycles. The minimum Gasteiger partial charge on any atom is -0.340 e. The first-order valence-electron chi connectivity index (χ1n) is 10.2. The Balaban J connectivity index is 1.47. The molecule has 0 saturated carbocycles. The summed E-state index contributed by atoms with van der Waals surface area (Å²) in [4.78, 5) is 8.27. The predicted molar refractivity (Wildman–Crippen MR) is 128 cm³/mol. The SMILES string of the molecule is Cc1ccc(Nc2cc(Nc3ccc(NS(=O)(=O)c4cc(F)cc(F)c4)cc3)nc(C)n2)cc1. The Kier molecular flexibility index (Phi) is 6.42. The highest BCUT2D eigenvalue weighted by Crippen LogP contribution is 2.23. The molecule has 0 aliphatic rings. The van der Waals surface area contributed by atoms with Crippen LogP contribution in [0.5, 0.6) is 0 Å². The summed E-state index contributed by atoms with van der Waals surface area (Å²) in [7, 11) is -4.15. The third kappa shape index (κ3) is 5.84. The van der Waals surface area contributed by atoms with E-state index in [-0.39, 0.29) is 5.69 Å². The maximum atomic E-state index is 13.4. The summed E-state index contributed by atoms with van der Waals surface area (Å²) in [5.74, 6) is -0.227. The van der Waals surface area contributed by atoms with E-state index in [2.05, 4.69) is 25.3 Å². The zero-order valence-corrected chi connectivity index (χ0v) is 19.1. The van der Waals surface area contributed by atoms with Crippen LogP contribution >= 0.6 is 0 Å². The molecular formula is C24H21F2N5O2S. The van der Waals surface area contributed by atoms with Crippen LogP contribution in [0, 0.1) is 25.5 Å². The summed E-state index contributed by atoms with van der Waals surface area (Å²) >= 11 is 0. The highest BCUT2D eigenvalue weighted by atomic mass is 32.2. The van der Waals surface area contributed by atoms with Crippen LogP contribution in [0.15, 0.2) is 77.7 Å². The van der Waals surface area contributed by atoms with Crippen molar-refractivity contribution in [3.05, 3.63) is 95.8 Å². The van der Waals surface area contributed by atoms with Crippen LogP contribution < -0.4 is 15.4 Å². The lowest BCUT2D eigenvalue weighted by Gasteiger charge is -2.12. The number of anilines is 5. The highest BCUT2D eigenvalue weighted by Gasteiger charge is 2.16. The van der Waals surface area contributed by atoms with Gasteiger partial charge in [-0.1, -0.05) is 17.7 Å². The summed E-state index contributed by atoms with van der Waals surface area (Å²) in [6, 6.07) is 18.1. The number of aromatic nitrogens is 2. The minimum absolute atomic E-state index is 0.232. The third-order valence-electron chi connectivity index (χ3n) is 4.72. The summed E-state index contributed by atoms with van der Waals surface area (Å²) in [5, 5.41) is 6.38. The number of nitrogens with one attached hydrogen (secondary N) is 3. The predicted octanol–water partition coefficient (Wildman–Crippen LogP) is 5.66. The molecular weight excluding hydrogens is 460 g/mol. The largest absolute Gasteiger partial charge is 0.340 e. The molecule has 0 aliphatic heterocycles. The molecule has 0 saturated heterocycles. The van der Waals surface area contributed by atoms with Gasteiger partial charge in [0.05, 0.1) is 4.90 Å². The van der Waals surface area contributed by atoms with E-state index in [1.165, 1.54) is 12.1 Å². The fourth-order valence-electron chi connectivity index (χ4n) is 3.15. The number of benzene rings is 3. The average molecular weight is 482 g/mol. The fourth-order valence-corrected chi connectivity index (χ4v) is 4.25. The molecule has 0 unspecified atom stereocenters. The second-order valence-electron chi connectivity index (χ2n) is 7.59. The van der Waals surface area contributed by atoms with Gasteiger partial charge in [0.25, 0.3) is 10.0 Å². The molecule has 1 heterocycles. The van der Waals surface area contributed by atoms with Crippen molar-refractivity contribution in [1.82, 2.24) is 9.97 Å². The van der Waals surface area contributed by atoms with Gasteiger partial charge >= 0.3 is 0 Å². The van der Waals surface area contributed by atoms with Crippen molar-refractivity contribution < 1.29 is 17.2 Å². The molecule has 3 N–H and O–H groups in total. The van der Waals surface area contributed by atoms with E-state index >= 15 is 0 Å². The monoisotopic (exact) mass is 481 g/mol. The summed E-state index contributed by atoms with van der Waals surface area (Å²) in [6.07, 6.45) is 0. The Morgan fingerprint density at radius 2 is 1.15 bits per heavy atom. The third-order valence-corrected chi connectivity index (χ3v) is 6.08. The van der Waals surface area contributed by atoms with Gasteiger partial charge in [-0.05, 0) is 62.4 Å². The molecule has 3 aromatic carbocycles. The van der Waals surface area contributed by atoms with Gasteiger partial charge in [-0.25, -0.2) is 27.2 Å². The van der Waals surface area contributed by atoms with Gasteiger partial charge in [-0.15, -0.1) is 0 Å². The molecule has 7 nitrogen and oxygen atoms in total. The second-order valence-corrected chi connectivity index (χ2v) is 9.27. The smallest absolute Gasteiger partial charge is 0.262 e. The molecule has 4 aromatic rings. The van der Waals surface area contributed by atoms with Crippen molar-refractivity contribution in [2.45, 2.75) is 18.7 Å². The molecule has 0 radical (unpaired) electrons. The molecule has 34 heavy (non-hydrogen) atoms. The molecule has 4 rings (SSSR count). The van der Waals surface area contributed by atoms with Gasteiger partial charge in [-0.3, -0.25) is 4.72 Å². The van der Waals surface area contributed by atoms with Gasteiger partial charge in [-0.2, -0.15) is 0 Å². The number of sulfonamides is 1. The summed E-state index contributed by atoms with van der Waals surface area (Å²) < 4.78 is 54.0. The first kappa shape index (κ1) is 23.1. The van der Waals surface area contributed by atoms with Crippen LogP contribution in [0.25, 0.3) is 0 Å². The maximum Gasteiger partial charge on any atom is 0.262 e. The van der Waals surface area contributed by atoms with Gasteiger partial charge < -0.3 is 10.6 Å². The molecule has 0 spiro atoms. The zero-order valence-electron chi connectivity index (χ0n) is 18.3. The molecule has 1 aromatic heterocycles. The molecule has 174 valence electrons. The molecule has 0 fully saturated rings. The van der Waals surface area contributed by atoms with Crippen LogP contribution in [-0.4, -0.2) is 18.4 Å². The van der Waals surface area contributed by atoms with Crippen molar-refractivity contribution in [2.24, 2.45) is 0 Å².